The van der Waals surface area contributed by atoms with Crippen molar-refractivity contribution in [3.8, 4) is 17.2 Å². The van der Waals surface area contributed by atoms with Crippen LogP contribution >= 0.6 is 11.8 Å². The van der Waals surface area contributed by atoms with Gasteiger partial charge in [-0.2, -0.15) is 0 Å². The van der Waals surface area contributed by atoms with Gasteiger partial charge in [-0.15, -0.1) is 0 Å². The Balaban J connectivity index is 1.25. The van der Waals surface area contributed by atoms with E-state index < -0.39 is 0 Å². The van der Waals surface area contributed by atoms with E-state index in [4.69, 9.17) is 4.74 Å². The van der Waals surface area contributed by atoms with Crippen molar-refractivity contribution in [3.05, 3.63) is 151 Å². The topological polar surface area (TPSA) is 17.4 Å². The Kier molecular flexibility index (Phi) is 6.55. The molecule has 0 atom stereocenters. The molecule has 0 saturated heterocycles. The van der Waals surface area contributed by atoms with Gasteiger partial charge in [0, 0.05) is 43.6 Å². The minimum Gasteiger partial charge on any atom is -0.458 e. The number of ether oxygens (including phenoxy) is 1. The van der Waals surface area contributed by atoms with E-state index >= 15 is 0 Å². The molecule has 0 spiro atoms. The lowest BCUT2D eigenvalue weighted by Gasteiger charge is -2.41. The van der Waals surface area contributed by atoms with Crippen molar-refractivity contribution in [1.29, 1.82) is 0 Å². The molecular weight excluding hydrogens is 603 g/mol. The number of anilines is 3. The largest absolute Gasteiger partial charge is 0.458 e. The molecule has 5 heteroatoms. The summed E-state index contributed by atoms with van der Waals surface area (Å²) in [6.07, 6.45) is 6.00. The lowest BCUT2D eigenvalue weighted by molar-refractivity contribution is 0.486. The standard InChI is InChI=1S/C43H33BN2OS/c1-4-14-29(15-5-1)45-37-22-12-23-38(46-35-20-9-3-8-18-32(35)33-19-10-11-21-36(33)46)42(37)44-34-27-26-31(48-30-16-6-2-7-17-30)28-41(34)47-40-25-13-24-39(45)43(40)44/h1-2,4-7,10-17,19,21-28H,3,8-9,18,20H2. The van der Waals surface area contributed by atoms with Crippen molar-refractivity contribution in [2.75, 3.05) is 4.90 Å². The summed E-state index contributed by atoms with van der Waals surface area (Å²) in [6, 6.07) is 50.8. The molecule has 3 nitrogen and oxygen atoms in total. The Hall–Kier alpha value is -5.13. The average molecular weight is 637 g/mol. The lowest BCUT2D eigenvalue weighted by atomic mass is 9.33. The molecule has 2 aliphatic heterocycles. The Morgan fingerprint density at radius 2 is 1.29 bits per heavy atom. The first kappa shape index (κ1) is 27.9. The fourth-order valence-corrected chi connectivity index (χ4v) is 9.24. The first-order valence-electron chi connectivity index (χ1n) is 17.1. The number of hydrogen-bond donors (Lipinski definition) is 0. The van der Waals surface area contributed by atoms with E-state index in [9.17, 15) is 0 Å². The van der Waals surface area contributed by atoms with Gasteiger partial charge in [-0.1, -0.05) is 91.0 Å². The Labute approximate surface area is 285 Å². The monoisotopic (exact) mass is 636 g/mol. The van der Waals surface area contributed by atoms with Crippen molar-refractivity contribution in [2.45, 2.75) is 41.9 Å². The summed E-state index contributed by atoms with van der Waals surface area (Å²) >= 11 is 1.78. The van der Waals surface area contributed by atoms with E-state index in [-0.39, 0.29) is 6.71 Å². The van der Waals surface area contributed by atoms with Crippen LogP contribution in [0.4, 0.5) is 17.1 Å². The predicted molar refractivity (Wildman–Crippen MR) is 201 cm³/mol. The molecule has 0 N–H and O–H groups in total. The highest BCUT2D eigenvalue weighted by atomic mass is 32.2. The molecule has 1 aromatic heterocycles. The van der Waals surface area contributed by atoms with Crippen molar-refractivity contribution in [1.82, 2.24) is 4.57 Å². The third kappa shape index (κ3) is 4.30. The predicted octanol–water partition coefficient (Wildman–Crippen LogP) is 9.46. The molecular formula is C43H33BN2OS. The lowest BCUT2D eigenvalue weighted by Crippen LogP contribution is -2.60. The minimum atomic E-state index is 0.0180. The third-order valence-electron chi connectivity index (χ3n) is 10.3. The SMILES string of the molecule is c1ccc(Sc2ccc3c(c2)Oc2cccc4c2B3c2c(cccc2-n2c3c(c5ccccc52)CCCCC3)N4c2ccccc2)cc1. The van der Waals surface area contributed by atoms with Gasteiger partial charge in [0.2, 0.25) is 0 Å². The molecule has 230 valence electrons. The van der Waals surface area contributed by atoms with Crippen LogP contribution in [0.5, 0.6) is 11.5 Å². The zero-order valence-corrected chi connectivity index (χ0v) is 27.4. The number of para-hydroxylation sites is 2. The summed E-state index contributed by atoms with van der Waals surface area (Å²) < 4.78 is 9.49. The highest BCUT2D eigenvalue weighted by Crippen LogP contribution is 2.43. The van der Waals surface area contributed by atoms with Crippen LogP contribution in [0, 0.1) is 0 Å². The summed E-state index contributed by atoms with van der Waals surface area (Å²) in [7, 11) is 0. The number of hydrogen-bond acceptors (Lipinski definition) is 3. The van der Waals surface area contributed by atoms with Gasteiger partial charge in [-0.3, -0.25) is 0 Å². The smallest absolute Gasteiger partial charge is 0.259 e. The van der Waals surface area contributed by atoms with Gasteiger partial charge in [-0.05, 0) is 114 Å². The first-order chi connectivity index (χ1) is 23.8. The molecule has 7 aromatic rings. The van der Waals surface area contributed by atoms with Crippen LogP contribution in [0.2, 0.25) is 0 Å². The van der Waals surface area contributed by atoms with Crippen molar-refractivity contribution in [3.63, 3.8) is 0 Å². The van der Waals surface area contributed by atoms with Gasteiger partial charge >= 0.3 is 0 Å². The maximum atomic E-state index is 6.86. The van der Waals surface area contributed by atoms with E-state index in [1.807, 2.05) is 0 Å². The van der Waals surface area contributed by atoms with Gasteiger partial charge in [-0.25, -0.2) is 0 Å². The van der Waals surface area contributed by atoms with E-state index in [1.54, 1.807) is 11.8 Å². The summed E-state index contributed by atoms with van der Waals surface area (Å²) in [5.41, 5.74) is 12.9. The van der Waals surface area contributed by atoms with E-state index in [0.29, 0.717) is 0 Å². The molecule has 48 heavy (non-hydrogen) atoms. The highest BCUT2D eigenvalue weighted by Gasteiger charge is 2.43. The molecule has 6 aromatic carbocycles. The average Bonchev–Trinajstić information content (AvgIpc) is 3.25. The van der Waals surface area contributed by atoms with Gasteiger partial charge in [0.1, 0.15) is 11.5 Å². The van der Waals surface area contributed by atoms with E-state index in [1.165, 1.54) is 84.7 Å². The molecule has 10 rings (SSSR count). The minimum absolute atomic E-state index is 0.0180. The molecule has 0 unspecified atom stereocenters. The summed E-state index contributed by atoms with van der Waals surface area (Å²) in [5, 5.41) is 1.40. The molecule has 0 amide bonds. The van der Waals surface area contributed by atoms with Crippen LogP contribution < -0.4 is 26.0 Å². The summed E-state index contributed by atoms with van der Waals surface area (Å²) in [6.45, 7) is 0.0180. The van der Waals surface area contributed by atoms with Gasteiger partial charge in [0.25, 0.3) is 6.71 Å². The molecule has 0 bridgehead atoms. The van der Waals surface area contributed by atoms with Crippen molar-refractivity contribution < 1.29 is 4.74 Å². The zero-order chi connectivity index (χ0) is 31.6. The van der Waals surface area contributed by atoms with Crippen LogP contribution in [0.25, 0.3) is 16.6 Å². The quantitative estimate of drug-likeness (QED) is 0.142. The zero-order valence-electron chi connectivity index (χ0n) is 26.6. The Morgan fingerprint density at radius 3 is 2.17 bits per heavy atom. The van der Waals surface area contributed by atoms with E-state index in [0.717, 1.165) is 30.0 Å². The second-order valence-electron chi connectivity index (χ2n) is 13.1. The van der Waals surface area contributed by atoms with Crippen LogP contribution in [0.1, 0.15) is 30.5 Å². The van der Waals surface area contributed by atoms with Crippen molar-refractivity contribution >= 4 is 62.8 Å². The molecule has 0 fully saturated rings. The molecule has 3 aliphatic rings. The first-order valence-corrected chi connectivity index (χ1v) is 17.9. The highest BCUT2D eigenvalue weighted by molar-refractivity contribution is 7.99. The second-order valence-corrected chi connectivity index (χ2v) is 14.2. The number of nitrogens with zero attached hydrogens (tertiary/aromatic N) is 2. The van der Waals surface area contributed by atoms with Gasteiger partial charge in [0.05, 0.1) is 5.52 Å². The number of aryl methyl sites for hydroxylation is 1. The van der Waals surface area contributed by atoms with Gasteiger partial charge < -0.3 is 14.2 Å². The number of aromatic nitrogens is 1. The third-order valence-corrected chi connectivity index (χ3v) is 11.3. The fourth-order valence-electron chi connectivity index (χ4n) is 8.37. The van der Waals surface area contributed by atoms with Crippen LogP contribution in [0.3, 0.4) is 0 Å². The molecule has 1 aliphatic carbocycles. The van der Waals surface area contributed by atoms with Crippen molar-refractivity contribution in [2.24, 2.45) is 0 Å². The number of benzene rings is 6. The van der Waals surface area contributed by atoms with E-state index in [2.05, 4.69) is 149 Å². The van der Waals surface area contributed by atoms with Crippen LogP contribution in [-0.2, 0) is 12.8 Å². The fraction of sp³-hybridized carbons (Fsp3) is 0.116. The Morgan fingerprint density at radius 1 is 0.562 bits per heavy atom. The van der Waals surface area contributed by atoms with Crippen LogP contribution in [-0.4, -0.2) is 11.3 Å². The molecule has 0 saturated carbocycles. The molecule has 0 radical (unpaired) electrons. The maximum absolute atomic E-state index is 6.86. The second kappa shape index (κ2) is 11.2. The Bertz CT molecular complexity index is 2350. The maximum Gasteiger partial charge on any atom is 0.259 e. The molecule has 3 heterocycles. The number of rotatable bonds is 4. The summed E-state index contributed by atoms with van der Waals surface area (Å²) in [4.78, 5) is 4.85. The number of fused-ring (bicyclic) bond motifs is 7. The summed E-state index contributed by atoms with van der Waals surface area (Å²) in [5.74, 6) is 1.88. The normalized spacial score (nSPS) is 14.4. The van der Waals surface area contributed by atoms with Gasteiger partial charge in [0.15, 0.2) is 0 Å². The van der Waals surface area contributed by atoms with Crippen LogP contribution in [0.15, 0.2) is 149 Å².